The molecular weight excluding hydrogens is 348 g/mol. The van der Waals surface area contributed by atoms with Crippen LogP contribution in [0.3, 0.4) is 0 Å². The summed E-state index contributed by atoms with van der Waals surface area (Å²) < 4.78 is 1.84. The molecule has 1 aromatic heterocycles. The Balaban J connectivity index is 1.55. The first-order valence-electron chi connectivity index (χ1n) is 9.45. The molecule has 1 aromatic carbocycles. The molecule has 0 aliphatic carbocycles. The van der Waals surface area contributed by atoms with E-state index in [0.717, 1.165) is 56.8 Å². The number of rotatable bonds is 3. The molecule has 0 saturated carbocycles. The molecule has 2 fully saturated rings. The van der Waals surface area contributed by atoms with Gasteiger partial charge < -0.3 is 10.2 Å². The van der Waals surface area contributed by atoms with Crippen LogP contribution in [0.4, 0.5) is 0 Å². The number of halogens is 1. The number of benzene rings is 1. The number of likely N-dealkylation sites (tertiary alicyclic amines) is 1. The van der Waals surface area contributed by atoms with Crippen LogP contribution in [0.1, 0.15) is 42.2 Å². The lowest BCUT2D eigenvalue weighted by atomic mass is 9.78. The van der Waals surface area contributed by atoms with E-state index >= 15 is 0 Å². The third kappa shape index (κ3) is 3.14. The highest BCUT2D eigenvalue weighted by molar-refractivity contribution is 6.30. The first kappa shape index (κ1) is 17.6. The zero-order chi connectivity index (χ0) is 18.1. The quantitative estimate of drug-likeness (QED) is 0.899. The van der Waals surface area contributed by atoms with E-state index in [-0.39, 0.29) is 5.91 Å². The number of amides is 1. The number of carbonyl (C=O) groups excluding carboxylic acids is 1. The van der Waals surface area contributed by atoms with Gasteiger partial charge in [-0.3, -0.25) is 4.79 Å². The van der Waals surface area contributed by atoms with Gasteiger partial charge in [0.1, 0.15) is 0 Å². The van der Waals surface area contributed by atoms with E-state index in [1.54, 1.807) is 6.20 Å². The maximum atomic E-state index is 13.1. The fourth-order valence-electron chi connectivity index (χ4n) is 4.30. The Morgan fingerprint density at radius 3 is 2.77 bits per heavy atom. The van der Waals surface area contributed by atoms with Crippen LogP contribution in [0.5, 0.6) is 0 Å². The topological polar surface area (TPSA) is 50.2 Å². The van der Waals surface area contributed by atoms with Crippen molar-refractivity contribution in [2.75, 3.05) is 26.2 Å². The lowest BCUT2D eigenvalue weighted by Crippen LogP contribution is -2.44. The second-order valence-electron chi connectivity index (χ2n) is 7.47. The number of piperidine rings is 1. The molecule has 1 amide bonds. The molecule has 2 aliphatic rings. The van der Waals surface area contributed by atoms with Crippen LogP contribution in [0.25, 0.3) is 5.69 Å². The Morgan fingerprint density at radius 1 is 1.31 bits per heavy atom. The summed E-state index contributed by atoms with van der Waals surface area (Å²) in [5, 5.41) is 8.63. The van der Waals surface area contributed by atoms with E-state index in [9.17, 15) is 4.79 Å². The van der Waals surface area contributed by atoms with Crippen molar-refractivity contribution in [3.8, 4) is 5.69 Å². The average molecular weight is 373 g/mol. The molecule has 5 nitrogen and oxygen atoms in total. The van der Waals surface area contributed by atoms with Gasteiger partial charge >= 0.3 is 0 Å². The van der Waals surface area contributed by atoms with E-state index < -0.39 is 0 Å². The molecule has 0 unspecified atom stereocenters. The van der Waals surface area contributed by atoms with Gasteiger partial charge in [-0.05, 0) is 55.8 Å². The van der Waals surface area contributed by atoms with Crippen LogP contribution < -0.4 is 5.32 Å². The van der Waals surface area contributed by atoms with E-state index in [0.29, 0.717) is 16.0 Å². The van der Waals surface area contributed by atoms with Crippen molar-refractivity contribution < 1.29 is 4.79 Å². The highest BCUT2D eigenvalue weighted by atomic mass is 35.5. The molecule has 2 aliphatic heterocycles. The molecule has 26 heavy (non-hydrogen) atoms. The average Bonchev–Trinajstić information content (AvgIpc) is 3.29. The van der Waals surface area contributed by atoms with Crippen LogP contribution in [-0.4, -0.2) is 46.8 Å². The van der Waals surface area contributed by atoms with Crippen LogP contribution in [0, 0.1) is 5.41 Å². The standard InChI is InChI=1S/C20H25ClN4O/c1-2-18-17(13-23-25(18)16-5-3-4-15(21)12-16)19(26)24-10-7-20(8-11-24)6-9-22-14-20/h3-5,12-13,22H,2,6-11,14H2,1H3. The zero-order valence-electron chi connectivity index (χ0n) is 15.2. The van der Waals surface area contributed by atoms with Crippen LogP contribution in [0.2, 0.25) is 5.02 Å². The highest BCUT2D eigenvalue weighted by Gasteiger charge is 2.38. The molecule has 1 spiro atoms. The van der Waals surface area contributed by atoms with Gasteiger partial charge in [-0.2, -0.15) is 5.10 Å². The number of hydrogen-bond donors (Lipinski definition) is 1. The molecule has 2 aromatic rings. The highest BCUT2D eigenvalue weighted by Crippen LogP contribution is 2.37. The Kier molecular flexibility index (Phi) is 4.76. The van der Waals surface area contributed by atoms with Crippen molar-refractivity contribution in [3.05, 3.63) is 46.7 Å². The number of hydrogen-bond acceptors (Lipinski definition) is 3. The normalized spacial score (nSPS) is 19.2. The van der Waals surface area contributed by atoms with E-state index in [2.05, 4.69) is 17.3 Å². The molecule has 0 radical (unpaired) electrons. The number of nitrogens with one attached hydrogen (secondary N) is 1. The Morgan fingerprint density at radius 2 is 2.12 bits per heavy atom. The van der Waals surface area contributed by atoms with E-state index in [4.69, 9.17) is 11.6 Å². The van der Waals surface area contributed by atoms with Crippen molar-refractivity contribution in [1.82, 2.24) is 20.0 Å². The summed E-state index contributed by atoms with van der Waals surface area (Å²) in [4.78, 5) is 15.1. The van der Waals surface area contributed by atoms with Gasteiger partial charge in [0.2, 0.25) is 0 Å². The van der Waals surface area contributed by atoms with Gasteiger partial charge in [0, 0.05) is 24.7 Å². The molecule has 6 heteroatoms. The third-order valence-electron chi connectivity index (χ3n) is 5.93. The first-order valence-corrected chi connectivity index (χ1v) is 9.82. The zero-order valence-corrected chi connectivity index (χ0v) is 15.9. The van der Waals surface area contributed by atoms with Gasteiger partial charge in [-0.25, -0.2) is 4.68 Å². The smallest absolute Gasteiger partial charge is 0.257 e. The Bertz CT molecular complexity index is 800. The lowest BCUT2D eigenvalue weighted by Gasteiger charge is -2.38. The minimum Gasteiger partial charge on any atom is -0.338 e. The van der Waals surface area contributed by atoms with Gasteiger partial charge in [0.05, 0.1) is 23.1 Å². The van der Waals surface area contributed by atoms with Crippen molar-refractivity contribution in [2.24, 2.45) is 5.41 Å². The molecule has 1 N–H and O–H groups in total. The Labute approximate surface area is 159 Å². The lowest BCUT2D eigenvalue weighted by molar-refractivity contribution is 0.0606. The summed E-state index contributed by atoms with van der Waals surface area (Å²) in [6, 6.07) is 7.58. The number of carbonyl (C=O) groups is 1. The maximum absolute atomic E-state index is 13.1. The first-order chi connectivity index (χ1) is 12.6. The van der Waals surface area contributed by atoms with E-state index in [1.165, 1.54) is 6.42 Å². The second kappa shape index (κ2) is 7.05. The summed E-state index contributed by atoms with van der Waals surface area (Å²) in [6.07, 6.45) is 5.88. The van der Waals surface area contributed by atoms with Crippen molar-refractivity contribution in [3.63, 3.8) is 0 Å². The summed E-state index contributed by atoms with van der Waals surface area (Å²) in [5.41, 5.74) is 2.96. The van der Waals surface area contributed by atoms with Gasteiger partial charge in [-0.1, -0.05) is 24.6 Å². The molecule has 0 bridgehead atoms. The predicted octanol–water partition coefficient (Wildman–Crippen LogP) is 3.30. The fraction of sp³-hybridized carbons (Fsp3) is 0.500. The summed E-state index contributed by atoms with van der Waals surface area (Å²) in [5.74, 6) is 0.107. The summed E-state index contributed by atoms with van der Waals surface area (Å²) in [7, 11) is 0. The van der Waals surface area contributed by atoms with Gasteiger partial charge in [-0.15, -0.1) is 0 Å². The molecule has 138 valence electrons. The fourth-order valence-corrected chi connectivity index (χ4v) is 4.48. The molecule has 3 heterocycles. The number of nitrogens with zero attached hydrogens (tertiary/aromatic N) is 3. The van der Waals surface area contributed by atoms with Gasteiger partial charge in [0.15, 0.2) is 0 Å². The van der Waals surface area contributed by atoms with Crippen LogP contribution in [0.15, 0.2) is 30.5 Å². The largest absolute Gasteiger partial charge is 0.338 e. The summed E-state index contributed by atoms with van der Waals surface area (Å²) >= 11 is 6.12. The maximum Gasteiger partial charge on any atom is 0.257 e. The molecular formula is C20H25ClN4O. The molecule has 4 rings (SSSR count). The second-order valence-corrected chi connectivity index (χ2v) is 7.91. The molecule has 2 saturated heterocycles. The van der Waals surface area contributed by atoms with Gasteiger partial charge in [0.25, 0.3) is 5.91 Å². The van der Waals surface area contributed by atoms with E-state index in [1.807, 2.05) is 33.8 Å². The van der Waals surface area contributed by atoms with Crippen molar-refractivity contribution in [2.45, 2.75) is 32.6 Å². The molecule has 0 atom stereocenters. The number of aromatic nitrogens is 2. The minimum absolute atomic E-state index is 0.107. The van der Waals surface area contributed by atoms with Crippen LogP contribution in [-0.2, 0) is 6.42 Å². The van der Waals surface area contributed by atoms with Crippen LogP contribution >= 0.6 is 11.6 Å². The SMILES string of the molecule is CCc1c(C(=O)N2CCC3(CCNC3)CC2)cnn1-c1cccc(Cl)c1. The monoisotopic (exact) mass is 372 g/mol. The minimum atomic E-state index is 0.107. The Hall–Kier alpha value is -1.85. The van der Waals surface area contributed by atoms with Crippen molar-refractivity contribution in [1.29, 1.82) is 0 Å². The summed E-state index contributed by atoms with van der Waals surface area (Å²) in [6.45, 7) is 5.95. The van der Waals surface area contributed by atoms with Crippen molar-refractivity contribution >= 4 is 17.5 Å². The third-order valence-corrected chi connectivity index (χ3v) is 6.17. The predicted molar refractivity (Wildman–Crippen MR) is 103 cm³/mol.